The number of nitrogens with one attached hydrogen (secondary N) is 1. The van der Waals surface area contributed by atoms with Gasteiger partial charge in [-0.25, -0.2) is 4.79 Å². The first-order valence-corrected chi connectivity index (χ1v) is 6.76. The number of benzene rings is 2. The van der Waals surface area contributed by atoms with E-state index < -0.39 is 10.9 Å². The van der Waals surface area contributed by atoms with E-state index in [-0.39, 0.29) is 11.3 Å². The van der Waals surface area contributed by atoms with E-state index in [2.05, 4.69) is 21.2 Å². The second-order valence-electron chi connectivity index (χ2n) is 4.28. The van der Waals surface area contributed by atoms with Crippen molar-refractivity contribution in [2.45, 2.75) is 6.54 Å². The summed E-state index contributed by atoms with van der Waals surface area (Å²) in [6.45, 7) is 0.483. The lowest BCUT2D eigenvalue weighted by Crippen LogP contribution is -2.02. The maximum absolute atomic E-state index is 10.9. The predicted molar refractivity (Wildman–Crippen MR) is 81.5 cm³/mol. The topological polar surface area (TPSA) is 92.5 Å². The highest BCUT2D eigenvalue weighted by molar-refractivity contribution is 9.10. The number of rotatable bonds is 5. The highest BCUT2D eigenvalue weighted by Gasteiger charge is 2.08. The van der Waals surface area contributed by atoms with E-state index in [1.54, 1.807) is 24.3 Å². The Kier molecular flexibility index (Phi) is 4.54. The third-order valence-electron chi connectivity index (χ3n) is 2.84. The van der Waals surface area contributed by atoms with Crippen LogP contribution in [-0.2, 0) is 6.54 Å². The molecule has 0 fully saturated rings. The summed E-state index contributed by atoms with van der Waals surface area (Å²) in [5.41, 5.74) is 1.88. The molecule has 0 atom stereocenters. The van der Waals surface area contributed by atoms with Gasteiger partial charge < -0.3 is 10.4 Å². The maximum Gasteiger partial charge on any atom is 0.336 e. The maximum atomic E-state index is 10.9. The minimum absolute atomic E-state index is 0.0484. The summed E-state index contributed by atoms with van der Waals surface area (Å²) in [6, 6.07) is 11.1. The zero-order chi connectivity index (χ0) is 15.4. The van der Waals surface area contributed by atoms with Gasteiger partial charge in [-0.1, -0.05) is 12.1 Å². The number of hydrogen-bond acceptors (Lipinski definition) is 4. The molecule has 0 saturated carbocycles. The zero-order valence-electron chi connectivity index (χ0n) is 10.7. The van der Waals surface area contributed by atoms with Crippen LogP contribution in [0.2, 0.25) is 0 Å². The fourth-order valence-electron chi connectivity index (χ4n) is 1.74. The van der Waals surface area contributed by atoms with Crippen molar-refractivity contribution < 1.29 is 14.8 Å². The number of nitrogens with zero attached hydrogens (tertiary/aromatic N) is 1. The number of nitro benzene ring substituents is 1. The van der Waals surface area contributed by atoms with Crippen LogP contribution in [0.4, 0.5) is 11.4 Å². The van der Waals surface area contributed by atoms with Gasteiger partial charge in [-0.15, -0.1) is 0 Å². The third kappa shape index (κ3) is 3.79. The molecule has 21 heavy (non-hydrogen) atoms. The normalized spacial score (nSPS) is 10.1. The van der Waals surface area contributed by atoms with Gasteiger partial charge in [-0.2, -0.15) is 0 Å². The first kappa shape index (κ1) is 15.0. The third-order valence-corrected chi connectivity index (χ3v) is 3.50. The van der Waals surface area contributed by atoms with Crippen molar-refractivity contribution >= 4 is 33.3 Å². The van der Waals surface area contributed by atoms with Crippen molar-refractivity contribution in [3.63, 3.8) is 0 Å². The van der Waals surface area contributed by atoms with Crippen LogP contribution >= 0.6 is 15.9 Å². The Bertz CT molecular complexity index is 686. The number of hydrogen-bond donors (Lipinski definition) is 2. The van der Waals surface area contributed by atoms with Crippen LogP contribution in [0.15, 0.2) is 46.9 Å². The summed E-state index contributed by atoms with van der Waals surface area (Å²) in [4.78, 5) is 21.0. The van der Waals surface area contributed by atoms with Crippen molar-refractivity contribution in [3.05, 3.63) is 68.2 Å². The largest absolute Gasteiger partial charge is 0.478 e. The molecule has 2 rings (SSSR count). The smallest absolute Gasteiger partial charge is 0.336 e. The Morgan fingerprint density at radius 2 is 1.90 bits per heavy atom. The molecule has 0 aliphatic carbocycles. The first-order chi connectivity index (χ1) is 9.97. The monoisotopic (exact) mass is 350 g/mol. The number of carboxylic acid groups (broad SMARTS) is 1. The molecule has 0 heterocycles. The van der Waals surface area contributed by atoms with Gasteiger partial charge in [0.25, 0.3) is 5.69 Å². The summed E-state index contributed by atoms with van der Waals surface area (Å²) in [5.74, 6) is -0.996. The molecule has 0 aliphatic rings. The van der Waals surface area contributed by atoms with Crippen molar-refractivity contribution in [1.29, 1.82) is 0 Å². The minimum Gasteiger partial charge on any atom is -0.478 e. The van der Waals surface area contributed by atoms with Crippen LogP contribution in [-0.4, -0.2) is 16.0 Å². The summed E-state index contributed by atoms with van der Waals surface area (Å²) in [5, 5.41) is 22.6. The van der Waals surface area contributed by atoms with Gasteiger partial charge in [0.2, 0.25) is 0 Å². The number of anilines is 1. The van der Waals surface area contributed by atoms with Gasteiger partial charge >= 0.3 is 5.97 Å². The van der Waals surface area contributed by atoms with E-state index in [9.17, 15) is 14.9 Å². The number of aromatic carboxylic acids is 1. The Hall–Kier alpha value is -2.41. The molecule has 108 valence electrons. The second kappa shape index (κ2) is 6.36. The Labute approximate surface area is 128 Å². The SMILES string of the molecule is O=C(O)c1ccc(NCc2ccc([N+](=O)[O-])cc2)cc1Br. The van der Waals surface area contributed by atoms with Crippen LogP contribution in [0, 0.1) is 10.1 Å². The highest BCUT2D eigenvalue weighted by Crippen LogP contribution is 2.22. The summed E-state index contributed by atoms with van der Waals surface area (Å²) >= 11 is 3.20. The van der Waals surface area contributed by atoms with Crippen LogP contribution in [0.25, 0.3) is 0 Å². The van der Waals surface area contributed by atoms with Crippen molar-refractivity contribution in [2.75, 3.05) is 5.32 Å². The van der Waals surface area contributed by atoms with Gasteiger partial charge in [0.1, 0.15) is 0 Å². The second-order valence-corrected chi connectivity index (χ2v) is 5.13. The van der Waals surface area contributed by atoms with Crippen molar-refractivity contribution in [1.82, 2.24) is 0 Å². The van der Waals surface area contributed by atoms with E-state index in [1.165, 1.54) is 18.2 Å². The predicted octanol–water partition coefficient (Wildman–Crippen LogP) is 3.67. The Morgan fingerprint density at radius 3 is 2.43 bits per heavy atom. The molecule has 6 nitrogen and oxygen atoms in total. The molecule has 0 amide bonds. The van der Waals surface area contributed by atoms with Gasteiger partial charge in [0.05, 0.1) is 10.5 Å². The number of non-ortho nitro benzene ring substituents is 1. The van der Waals surface area contributed by atoms with Crippen molar-refractivity contribution in [2.24, 2.45) is 0 Å². The summed E-state index contributed by atoms with van der Waals surface area (Å²) in [7, 11) is 0. The minimum atomic E-state index is -0.996. The number of carboxylic acids is 1. The fraction of sp³-hybridized carbons (Fsp3) is 0.0714. The molecule has 0 aliphatic heterocycles. The number of carbonyl (C=O) groups is 1. The van der Waals surface area contributed by atoms with Crippen LogP contribution in [0.1, 0.15) is 15.9 Å². The fourth-order valence-corrected chi connectivity index (χ4v) is 2.29. The number of halogens is 1. The molecule has 0 unspecified atom stereocenters. The average molecular weight is 351 g/mol. The molecule has 0 bridgehead atoms. The molecule has 0 radical (unpaired) electrons. The van der Waals surface area contributed by atoms with E-state index >= 15 is 0 Å². The van der Waals surface area contributed by atoms with Crippen molar-refractivity contribution in [3.8, 4) is 0 Å². The lowest BCUT2D eigenvalue weighted by molar-refractivity contribution is -0.384. The Morgan fingerprint density at radius 1 is 1.24 bits per heavy atom. The quantitative estimate of drug-likeness (QED) is 0.633. The molecular weight excluding hydrogens is 340 g/mol. The van der Waals surface area contributed by atoms with E-state index in [1.807, 2.05) is 0 Å². The highest BCUT2D eigenvalue weighted by atomic mass is 79.9. The molecule has 2 aromatic rings. The Balaban J connectivity index is 2.04. The van der Waals surface area contributed by atoms with Crippen LogP contribution in [0.5, 0.6) is 0 Å². The van der Waals surface area contributed by atoms with Gasteiger partial charge in [0, 0.05) is 28.8 Å². The zero-order valence-corrected chi connectivity index (χ0v) is 12.3. The van der Waals surface area contributed by atoms with Gasteiger partial charge in [0.15, 0.2) is 0 Å². The molecule has 7 heteroatoms. The van der Waals surface area contributed by atoms with E-state index in [0.29, 0.717) is 11.0 Å². The van der Waals surface area contributed by atoms with E-state index in [4.69, 9.17) is 5.11 Å². The van der Waals surface area contributed by atoms with E-state index in [0.717, 1.165) is 11.3 Å². The molecule has 2 aromatic carbocycles. The molecule has 0 aromatic heterocycles. The molecule has 0 saturated heterocycles. The van der Waals surface area contributed by atoms with Gasteiger partial charge in [-0.05, 0) is 39.7 Å². The molecule has 0 spiro atoms. The van der Waals surface area contributed by atoms with Crippen LogP contribution in [0.3, 0.4) is 0 Å². The van der Waals surface area contributed by atoms with Crippen LogP contribution < -0.4 is 5.32 Å². The first-order valence-electron chi connectivity index (χ1n) is 5.97. The molecule has 2 N–H and O–H groups in total. The standard InChI is InChI=1S/C14H11BrN2O4/c15-13-7-10(3-6-12(13)14(18)19)16-8-9-1-4-11(5-2-9)17(20)21/h1-7,16H,8H2,(H,18,19). The summed E-state index contributed by atoms with van der Waals surface area (Å²) in [6.07, 6.45) is 0. The lowest BCUT2D eigenvalue weighted by atomic mass is 10.2. The lowest BCUT2D eigenvalue weighted by Gasteiger charge is -2.08. The average Bonchev–Trinajstić information content (AvgIpc) is 2.45. The van der Waals surface area contributed by atoms with Gasteiger partial charge in [-0.3, -0.25) is 10.1 Å². The number of nitro groups is 1. The molecular formula is C14H11BrN2O4. The summed E-state index contributed by atoms with van der Waals surface area (Å²) < 4.78 is 0.490.